The average Bonchev–Trinajstić information content (AvgIpc) is 2.70. The molecule has 0 amide bonds. The molecular weight excluding hydrogens is 392 g/mol. The number of hydrogen-bond donors (Lipinski definition) is 2. The summed E-state index contributed by atoms with van der Waals surface area (Å²) in [6.45, 7) is 0. The maximum Gasteiger partial charge on any atom is 0.337 e. The molecule has 0 aliphatic carbocycles. The summed E-state index contributed by atoms with van der Waals surface area (Å²) in [7, 11) is -3.92. The highest BCUT2D eigenvalue weighted by molar-refractivity contribution is 9.11. The van der Waals surface area contributed by atoms with E-state index in [2.05, 4.69) is 25.6 Å². The van der Waals surface area contributed by atoms with Gasteiger partial charge in [-0.05, 0) is 28.1 Å². The molecule has 2 aromatic rings. The zero-order valence-electron chi connectivity index (χ0n) is 9.50. The molecule has 0 aliphatic heterocycles. The van der Waals surface area contributed by atoms with Crippen LogP contribution >= 0.6 is 38.9 Å². The molecule has 2 heterocycles. The van der Waals surface area contributed by atoms with Crippen LogP contribution in [0.15, 0.2) is 32.5 Å². The molecule has 2 rings (SSSR count). The minimum atomic E-state index is -3.92. The first kappa shape index (κ1) is 15.2. The van der Waals surface area contributed by atoms with Crippen LogP contribution in [0.5, 0.6) is 0 Å². The smallest absolute Gasteiger partial charge is 0.337 e. The number of carboxylic acid groups (broad SMARTS) is 1. The van der Waals surface area contributed by atoms with Gasteiger partial charge in [-0.3, -0.25) is 9.71 Å². The molecule has 0 atom stereocenters. The number of carboxylic acids is 1. The number of nitrogens with one attached hydrogen (secondary N) is 1. The fourth-order valence-corrected chi connectivity index (χ4v) is 4.78. The van der Waals surface area contributed by atoms with Gasteiger partial charge in [-0.1, -0.05) is 11.6 Å². The number of hydrogen-bond acceptors (Lipinski definition) is 5. The number of aromatic nitrogens is 1. The van der Waals surface area contributed by atoms with Gasteiger partial charge in [0.1, 0.15) is 4.21 Å². The Labute approximate surface area is 131 Å². The average molecular weight is 398 g/mol. The van der Waals surface area contributed by atoms with Gasteiger partial charge in [0, 0.05) is 6.20 Å². The molecule has 106 valence electrons. The van der Waals surface area contributed by atoms with Gasteiger partial charge in [-0.15, -0.1) is 11.3 Å². The minimum absolute atomic E-state index is 0.0328. The Kier molecular flexibility index (Phi) is 4.33. The van der Waals surface area contributed by atoms with Crippen LogP contribution in [0.25, 0.3) is 0 Å². The molecular formula is C10H6BrClN2O4S2. The molecule has 0 saturated carbocycles. The van der Waals surface area contributed by atoms with Crippen molar-refractivity contribution in [3.05, 3.63) is 38.9 Å². The third kappa shape index (κ3) is 3.11. The van der Waals surface area contributed by atoms with Gasteiger partial charge in [-0.2, -0.15) is 0 Å². The van der Waals surface area contributed by atoms with E-state index < -0.39 is 16.0 Å². The lowest BCUT2D eigenvalue weighted by Gasteiger charge is -2.08. The van der Waals surface area contributed by atoms with E-state index in [0.29, 0.717) is 3.79 Å². The third-order valence-corrected chi connectivity index (χ3v) is 6.50. The summed E-state index contributed by atoms with van der Waals surface area (Å²) in [5.74, 6) is -1.25. The van der Waals surface area contributed by atoms with Gasteiger partial charge in [0.15, 0.2) is 0 Å². The van der Waals surface area contributed by atoms with E-state index in [1.807, 2.05) is 0 Å². The zero-order valence-corrected chi connectivity index (χ0v) is 13.5. The number of nitrogens with zero attached hydrogens (tertiary/aromatic N) is 1. The molecule has 20 heavy (non-hydrogen) atoms. The monoisotopic (exact) mass is 396 g/mol. The van der Waals surface area contributed by atoms with Crippen LogP contribution in [-0.4, -0.2) is 24.5 Å². The van der Waals surface area contributed by atoms with E-state index in [4.69, 9.17) is 16.7 Å². The summed E-state index contributed by atoms with van der Waals surface area (Å²) < 4.78 is 26.9. The highest BCUT2D eigenvalue weighted by atomic mass is 79.9. The quantitative estimate of drug-likeness (QED) is 0.826. The van der Waals surface area contributed by atoms with Crippen molar-refractivity contribution in [2.24, 2.45) is 0 Å². The molecule has 2 N–H and O–H groups in total. The molecule has 0 radical (unpaired) electrons. The number of thiophene rings is 1. The predicted molar refractivity (Wildman–Crippen MR) is 79.0 cm³/mol. The van der Waals surface area contributed by atoms with E-state index in [-0.39, 0.29) is 20.5 Å². The third-order valence-electron chi connectivity index (χ3n) is 2.18. The fraction of sp³-hybridized carbons (Fsp3) is 0. The van der Waals surface area contributed by atoms with Gasteiger partial charge in [-0.25, -0.2) is 13.2 Å². The fourth-order valence-electron chi connectivity index (χ4n) is 1.32. The molecule has 0 fully saturated rings. The van der Waals surface area contributed by atoms with Crippen molar-refractivity contribution in [2.75, 3.05) is 4.72 Å². The van der Waals surface area contributed by atoms with E-state index in [1.54, 1.807) is 0 Å². The summed E-state index contributed by atoms with van der Waals surface area (Å²) >= 11 is 9.83. The van der Waals surface area contributed by atoms with E-state index in [0.717, 1.165) is 17.5 Å². The molecule has 0 bridgehead atoms. The van der Waals surface area contributed by atoms with Crippen LogP contribution in [0.2, 0.25) is 5.02 Å². The molecule has 2 aromatic heterocycles. The Balaban J connectivity index is 2.41. The van der Waals surface area contributed by atoms with Gasteiger partial charge in [0.05, 0.1) is 26.3 Å². The number of anilines is 1. The highest BCUT2D eigenvalue weighted by Crippen LogP contribution is 2.35. The maximum absolute atomic E-state index is 12.1. The largest absolute Gasteiger partial charge is 0.478 e. The van der Waals surface area contributed by atoms with Crippen LogP contribution in [0.4, 0.5) is 5.69 Å². The first-order valence-electron chi connectivity index (χ1n) is 4.96. The molecule has 6 nitrogen and oxygen atoms in total. The maximum atomic E-state index is 12.1. The van der Waals surface area contributed by atoms with Gasteiger partial charge in [0.2, 0.25) is 0 Å². The molecule has 0 aromatic carbocycles. The van der Waals surface area contributed by atoms with Gasteiger partial charge in [0.25, 0.3) is 10.0 Å². The Morgan fingerprint density at radius 2 is 2.20 bits per heavy atom. The number of halogens is 2. The molecule has 0 spiro atoms. The standard InChI is InChI=1S/C10H6BrClN2O4S2/c11-9-6(12)3-8(19-9)20(17,18)14-7-4-13-2-1-5(7)10(15)16/h1-4,14H,(H,15,16). The molecule has 0 saturated heterocycles. The second kappa shape index (κ2) is 5.68. The lowest BCUT2D eigenvalue weighted by Crippen LogP contribution is -2.14. The van der Waals surface area contributed by atoms with Crippen molar-refractivity contribution < 1.29 is 18.3 Å². The number of pyridine rings is 1. The van der Waals surface area contributed by atoms with Crippen molar-refractivity contribution in [3.8, 4) is 0 Å². The van der Waals surface area contributed by atoms with Crippen molar-refractivity contribution in [3.63, 3.8) is 0 Å². The topological polar surface area (TPSA) is 96.4 Å². The molecule has 0 unspecified atom stereocenters. The van der Waals surface area contributed by atoms with Gasteiger partial charge >= 0.3 is 5.97 Å². The van der Waals surface area contributed by atoms with Gasteiger partial charge < -0.3 is 5.11 Å². The van der Waals surface area contributed by atoms with Crippen LogP contribution in [-0.2, 0) is 10.0 Å². The predicted octanol–water partition coefficient (Wildman–Crippen LogP) is 3.06. The van der Waals surface area contributed by atoms with Crippen molar-refractivity contribution in [1.29, 1.82) is 0 Å². The summed E-state index contributed by atoms with van der Waals surface area (Å²) in [6, 6.07) is 2.48. The second-order valence-electron chi connectivity index (χ2n) is 3.52. The second-order valence-corrected chi connectivity index (χ2v) is 8.21. The Bertz CT molecular complexity index is 756. The zero-order chi connectivity index (χ0) is 14.9. The van der Waals surface area contributed by atoms with Crippen molar-refractivity contribution in [2.45, 2.75) is 4.21 Å². The van der Waals surface area contributed by atoms with E-state index in [9.17, 15) is 13.2 Å². The van der Waals surface area contributed by atoms with Crippen molar-refractivity contribution >= 4 is 60.5 Å². The van der Waals surface area contributed by atoms with Crippen molar-refractivity contribution in [1.82, 2.24) is 4.98 Å². The number of sulfonamides is 1. The first-order chi connectivity index (χ1) is 9.31. The number of aromatic carboxylic acids is 1. The lowest BCUT2D eigenvalue weighted by atomic mass is 10.2. The van der Waals surface area contributed by atoms with Crippen LogP contribution in [0.1, 0.15) is 10.4 Å². The number of rotatable bonds is 4. The SMILES string of the molecule is O=C(O)c1ccncc1NS(=O)(=O)c1cc(Cl)c(Br)s1. The molecule has 10 heteroatoms. The summed E-state index contributed by atoms with van der Waals surface area (Å²) in [4.78, 5) is 14.7. The Hall–Kier alpha value is -1.16. The number of carbonyl (C=O) groups is 1. The summed E-state index contributed by atoms with van der Waals surface area (Å²) in [6.07, 6.45) is 2.39. The van der Waals surface area contributed by atoms with E-state index in [1.165, 1.54) is 18.3 Å². The summed E-state index contributed by atoms with van der Waals surface area (Å²) in [5, 5.41) is 9.26. The Morgan fingerprint density at radius 3 is 2.75 bits per heavy atom. The van der Waals surface area contributed by atoms with Crippen LogP contribution < -0.4 is 4.72 Å². The Morgan fingerprint density at radius 1 is 1.50 bits per heavy atom. The van der Waals surface area contributed by atoms with Crippen LogP contribution in [0, 0.1) is 0 Å². The first-order valence-corrected chi connectivity index (χ1v) is 8.43. The minimum Gasteiger partial charge on any atom is -0.478 e. The normalized spacial score (nSPS) is 11.3. The lowest BCUT2D eigenvalue weighted by molar-refractivity contribution is 0.0698. The molecule has 0 aliphatic rings. The highest BCUT2D eigenvalue weighted by Gasteiger charge is 2.21. The van der Waals surface area contributed by atoms with Crippen LogP contribution in [0.3, 0.4) is 0 Å². The van der Waals surface area contributed by atoms with E-state index >= 15 is 0 Å². The summed E-state index contributed by atoms with van der Waals surface area (Å²) in [5.41, 5.74) is -0.300.